The molecule has 3 heteroatoms. The standard InChI is InChI=1S/C17H23NO2/c1-11(2)18-10-12(3)7-15-9-14(5-6-16(15)18)13(4)8-17(19)20/h5-6,8-9,11-12H,7,10H2,1-4H3,(H,19,20)/p-1/b13-8+. The molecule has 1 atom stereocenters. The molecule has 0 fully saturated rings. The molecular formula is C17H22NO2-. The quantitative estimate of drug-likeness (QED) is 0.793. The van der Waals surface area contributed by atoms with Crippen molar-refractivity contribution in [3.05, 3.63) is 35.4 Å². The maximum absolute atomic E-state index is 10.7. The normalized spacial score (nSPS) is 19.1. The van der Waals surface area contributed by atoms with Crippen LogP contribution in [-0.4, -0.2) is 18.6 Å². The first-order valence-corrected chi connectivity index (χ1v) is 7.17. The molecule has 1 aliphatic rings. The van der Waals surface area contributed by atoms with Crippen molar-refractivity contribution in [3.63, 3.8) is 0 Å². The molecule has 1 heterocycles. The van der Waals surface area contributed by atoms with Crippen LogP contribution >= 0.6 is 0 Å². The van der Waals surface area contributed by atoms with Crippen molar-refractivity contribution in [2.24, 2.45) is 5.92 Å². The zero-order valence-electron chi connectivity index (χ0n) is 12.6. The van der Waals surface area contributed by atoms with E-state index in [1.165, 1.54) is 11.3 Å². The van der Waals surface area contributed by atoms with Crippen molar-refractivity contribution in [1.29, 1.82) is 0 Å². The van der Waals surface area contributed by atoms with Crippen LogP contribution in [0.3, 0.4) is 0 Å². The van der Waals surface area contributed by atoms with Gasteiger partial charge >= 0.3 is 0 Å². The van der Waals surface area contributed by atoms with Crippen molar-refractivity contribution in [3.8, 4) is 0 Å². The Morgan fingerprint density at radius 3 is 2.75 bits per heavy atom. The fourth-order valence-electron chi connectivity index (χ4n) is 2.90. The summed E-state index contributed by atoms with van der Waals surface area (Å²) in [4.78, 5) is 13.1. The van der Waals surface area contributed by atoms with Crippen LogP contribution in [0.5, 0.6) is 0 Å². The lowest BCUT2D eigenvalue weighted by Crippen LogP contribution is -2.39. The van der Waals surface area contributed by atoms with Crippen LogP contribution in [0.4, 0.5) is 5.69 Å². The van der Waals surface area contributed by atoms with E-state index in [1.807, 2.05) is 13.0 Å². The minimum absolute atomic E-state index is 0.474. The molecule has 0 radical (unpaired) electrons. The summed E-state index contributed by atoms with van der Waals surface area (Å²) in [5, 5.41) is 10.7. The maximum atomic E-state index is 10.7. The molecule has 3 nitrogen and oxygen atoms in total. The van der Waals surface area contributed by atoms with Crippen LogP contribution in [0.2, 0.25) is 0 Å². The zero-order valence-corrected chi connectivity index (χ0v) is 12.6. The molecule has 0 bridgehead atoms. The van der Waals surface area contributed by atoms with Crippen molar-refractivity contribution >= 4 is 17.2 Å². The number of carbonyl (C=O) groups is 1. The first-order chi connectivity index (χ1) is 9.38. The van der Waals surface area contributed by atoms with Crippen LogP contribution < -0.4 is 10.0 Å². The van der Waals surface area contributed by atoms with E-state index >= 15 is 0 Å². The van der Waals surface area contributed by atoms with Crippen LogP contribution in [-0.2, 0) is 11.2 Å². The number of hydrogen-bond donors (Lipinski definition) is 0. The van der Waals surface area contributed by atoms with E-state index in [2.05, 4.69) is 37.8 Å². The average Bonchev–Trinajstić information content (AvgIpc) is 2.35. The average molecular weight is 272 g/mol. The third kappa shape index (κ3) is 3.03. The first kappa shape index (κ1) is 14.6. The van der Waals surface area contributed by atoms with Crippen LogP contribution in [0.15, 0.2) is 24.3 Å². The summed E-state index contributed by atoms with van der Waals surface area (Å²) in [6, 6.07) is 6.71. The van der Waals surface area contributed by atoms with E-state index < -0.39 is 5.97 Å². The van der Waals surface area contributed by atoms with Gasteiger partial charge in [0.15, 0.2) is 0 Å². The number of fused-ring (bicyclic) bond motifs is 1. The molecule has 2 rings (SSSR count). The van der Waals surface area contributed by atoms with Gasteiger partial charge in [-0.1, -0.05) is 13.0 Å². The van der Waals surface area contributed by atoms with Gasteiger partial charge in [-0.25, -0.2) is 0 Å². The van der Waals surface area contributed by atoms with Crippen LogP contribution in [0, 0.1) is 5.92 Å². The summed E-state index contributed by atoms with van der Waals surface area (Å²) in [5.41, 5.74) is 4.29. The minimum Gasteiger partial charge on any atom is -0.545 e. The Hall–Kier alpha value is -1.77. The van der Waals surface area contributed by atoms with Gasteiger partial charge in [0, 0.05) is 18.3 Å². The van der Waals surface area contributed by atoms with E-state index in [1.54, 1.807) is 0 Å². The summed E-state index contributed by atoms with van der Waals surface area (Å²) < 4.78 is 0. The number of aliphatic carboxylic acids is 1. The molecule has 0 spiro atoms. The monoisotopic (exact) mass is 272 g/mol. The van der Waals surface area contributed by atoms with Gasteiger partial charge in [0.25, 0.3) is 0 Å². The number of anilines is 1. The number of hydrogen-bond acceptors (Lipinski definition) is 3. The van der Waals surface area contributed by atoms with Gasteiger partial charge in [-0.3, -0.25) is 0 Å². The fourth-order valence-corrected chi connectivity index (χ4v) is 2.90. The van der Waals surface area contributed by atoms with Crippen molar-refractivity contribution in [2.75, 3.05) is 11.4 Å². The first-order valence-electron chi connectivity index (χ1n) is 7.17. The number of carboxylic acid groups (broad SMARTS) is 1. The molecule has 108 valence electrons. The Morgan fingerprint density at radius 1 is 1.45 bits per heavy atom. The summed E-state index contributed by atoms with van der Waals surface area (Å²) in [5.74, 6) is -0.525. The van der Waals surface area contributed by atoms with E-state index in [0.29, 0.717) is 12.0 Å². The SMILES string of the molecule is C/C(=C\C(=O)[O-])c1ccc2c(c1)CC(C)CN2C(C)C. The molecule has 0 saturated heterocycles. The molecule has 0 N–H and O–H groups in total. The number of rotatable bonds is 3. The second-order valence-electron chi connectivity index (χ2n) is 6.05. The maximum Gasteiger partial charge on any atom is 0.0645 e. The van der Waals surface area contributed by atoms with Gasteiger partial charge in [-0.15, -0.1) is 0 Å². The van der Waals surface area contributed by atoms with Crippen molar-refractivity contribution in [2.45, 2.75) is 40.2 Å². The lowest BCUT2D eigenvalue weighted by molar-refractivity contribution is -0.297. The number of benzene rings is 1. The molecule has 0 aromatic heterocycles. The summed E-state index contributed by atoms with van der Waals surface area (Å²) in [7, 11) is 0. The zero-order chi connectivity index (χ0) is 14.9. The van der Waals surface area contributed by atoms with E-state index in [4.69, 9.17) is 0 Å². The third-order valence-corrected chi connectivity index (χ3v) is 3.88. The van der Waals surface area contributed by atoms with E-state index in [9.17, 15) is 9.90 Å². The number of carboxylic acids is 1. The highest BCUT2D eigenvalue weighted by atomic mass is 16.4. The van der Waals surface area contributed by atoms with Crippen molar-refractivity contribution in [1.82, 2.24) is 0 Å². The Balaban J connectivity index is 2.40. The Labute approximate surface area is 120 Å². The summed E-state index contributed by atoms with van der Waals surface area (Å²) in [6.45, 7) is 9.56. The largest absolute Gasteiger partial charge is 0.545 e. The smallest absolute Gasteiger partial charge is 0.0645 e. The second-order valence-corrected chi connectivity index (χ2v) is 6.05. The molecule has 0 saturated carbocycles. The van der Waals surface area contributed by atoms with E-state index in [-0.39, 0.29) is 0 Å². The topological polar surface area (TPSA) is 43.4 Å². The van der Waals surface area contributed by atoms with Gasteiger partial charge in [-0.05, 0) is 68.0 Å². The highest BCUT2D eigenvalue weighted by Crippen LogP contribution is 2.33. The minimum atomic E-state index is -1.14. The van der Waals surface area contributed by atoms with Crippen molar-refractivity contribution < 1.29 is 9.90 Å². The van der Waals surface area contributed by atoms with Gasteiger partial charge in [0.05, 0.1) is 5.97 Å². The molecule has 1 aliphatic heterocycles. The molecule has 1 aromatic rings. The predicted molar refractivity (Wildman–Crippen MR) is 80.5 cm³/mol. The lowest BCUT2D eigenvalue weighted by atomic mass is 9.90. The highest BCUT2D eigenvalue weighted by Gasteiger charge is 2.23. The molecule has 0 amide bonds. The van der Waals surface area contributed by atoms with Gasteiger partial charge in [0.1, 0.15) is 0 Å². The van der Waals surface area contributed by atoms with Gasteiger partial charge in [-0.2, -0.15) is 0 Å². The van der Waals surface area contributed by atoms with Crippen LogP contribution in [0.25, 0.3) is 5.57 Å². The molecule has 20 heavy (non-hydrogen) atoms. The highest BCUT2D eigenvalue weighted by molar-refractivity contribution is 5.88. The third-order valence-electron chi connectivity index (χ3n) is 3.88. The number of allylic oxidation sites excluding steroid dienone is 1. The fraction of sp³-hybridized carbons (Fsp3) is 0.471. The van der Waals surface area contributed by atoms with Crippen LogP contribution in [0.1, 0.15) is 38.8 Å². The summed E-state index contributed by atoms with van der Waals surface area (Å²) >= 11 is 0. The number of nitrogens with zero attached hydrogens (tertiary/aromatic N) is 1. The van der Waals surface area contributed by atoms with Gasteiger partial charge < -0.3 is 14.8 Å². The Bertz CT molecular complexity index is 546. The summed E-state index contributed by atoms with van der Waals surface area (Å²) in [6.07, 6.45) is 2.21. The molecular weight excluding hydrogens is 250 g/mol. The Morgan fingerprint density at radius 2 is 2.15 bits per heavy atom. The van der Waals surface area contributed by atoms with Gasteiger partial charge in [0.2, 0.25) is 0 Å². The lowest BCUT2D eigenvalue weighted by Gasteiger charge is -2.38. The number of carbonyl (C=O) groups excluding carboxylic acids is 1. The molecule has 0 aliphatic carbocycles. The molecule has 1 aromatic carbocycles. The predicted octanol–water partition coefficient (Wildman–Crippen LogP) is 2.25. The second kappa shape index (κ2) is 5.70. The van der Waals surface area contributed by atoms with E-state index in [0.717, 1.165) is 30.2 Å². The molecule has 1 unspecified atom stereocenters. The Kier molecular flexibility index (Phi) is 4.17.